The minimum atomic E-state index is 0.163. The summed E-state index contributed by atoms with van der Waals surface area (Å²) in [7, 11) is 0. The van der Waals surface area contributed by atoms with E-state index in [1.807, 2.05) is 30.3 Å². The number of rotatable bonds is 14. The van der Waals surface area contributed by atoms with Crippen LogP contribution in [0.15, 0.2) is 30.3 Å². The number of nitrogens with one attached hydrogen (secondary N) is 2. The van der Waals surface area contributed by atoms with Crippen molar-refractivity contribution in [3.8, 4) is 0 Å². The second-order valence-corrected chi connectivity index (χ2v) is 6.79. The van der Waals surface area contributed by atoms with Crippen molar-refractivity contribution >= 4 is 5.91 Å². The Kier molecular flexibility index (Phi) is 10.1. The van der Waals surface area contributed by atoms with Crippen molar-refractivity contribution in [2.24, 2.45) is 0 Å². The Morgan fingerprint density at radius 3 is 2.19 bits per heavy atom. The molecule has 0 bridgehead atoms. The molecule has 0 spiro atoms. The molecule has 0 unspecified atom stereocenters. The summed E-state index contributed by atoms with van der Waals surface area (Å²) in [4.78, 5) is 11.8. The standard InChI is InChI=1S/C20H31N5O/c26-20(21-17-18-13-9-8-10-14-18)16-12-7-5-3-1-2-4-6-11-15-19-22-24-25-23-19/h8-10,13-14H,1-7,11-12,15-17H2,(H,21,26)(H,22,23,24,25). The van der Waals surface area contributed by atoms with E-state index in [1.54, 1.807) is 0 Å². The van der Waals surface area contributed by atoms with Crippen LogP contribution in [0.4, 0.5) is 0 Å². The van der Waals surface area contributed by atoms with Gasteiger partial charge in [0, 0.05) is 19.4 Å². The lowest BCUT2D eigenvalue weighted by Gasteiger charge is -2.05. The van der Waals surface area contributed by atoms with Gasteiger partial charge < -0.3 is 5.32 Å². The molecule has 6 heteroatoms. The highest BCUT2D eigenvalue weighted by Gasteiger charge is 2.01. The van der Waals surface area contributed by atoms with Gasteiger partial charge in [0.1, 0.15) is 5.82 Å². The zero-order valence-electron chi connectivity index (χ0n) is 15.6. The highest BCUT2D eigenvalue weighted by atomic mass is 16.1. The van der Waals surface area contributed by atoms with Gasteiger partial charge in [0.25, 0.3) is 0 Å². The van der Waals surface area contributed by atoms with E-state index < -0.39 is 0 Å². The summed E-state index contributed by atoms with van der Waals surface area (Å²) in [5.74, 6) is 1.05. The number of hydrogen-bond acceptors (Lipinski definition) is 4. The quantitative estimate of drug-likeness (QED) is 0.501. The van der Waals surface area contributed by atoms with Crippen molar-refractivity contribution in [2.75, 3.05) is 0 Å². The Morgan fingerprint density at radius 2 is 1.54 bits per heavy atom. The van der Waals surface area contributed by atoms with Crippen molar-refractivity contribution in [3.63, 3.8) is 0 Å². The molecule has 0 fully saturated rings. The van der Waals surface area contributed by atoms with Crippen LogP contribution in [-0.2, 0) is 17.8 Å². The largest absolute Gasteiger partial charge is 0.352 e. The third-order valence-corrected chi connectivity index (χ3v) is 4.54. The van der Waals surface area contributed by atoms with E-state index in [0.29, 0.717) is 13.0 Å². The predicted molar refractivity (Wildman–Crippen MR) is 102 cm³/mol. The fourth-order valence-electron chi connectivity index (χ4n) is 2.99. The second-order valence-electron chi connectivity index (χ2n) is 6.79. The van der Waals surface area contributed by atoms with Crippen molar-refractivity contribution in [3.05, 3.63) is 41.7 Å². The average molecular weight is 358 g/mol. The Labute approximate surface area is 156 Å². The van der Waals surface area contributed by atoms with Gasteiger partial charge in [-0.1, -0.05) is 75.3 Å². The van der Waals surface area contributed by atoms with Gasteiger partial charge >= 0.3 is 0 Å². The number of aromatic amines is 1. The van der Waals surface area contributed by atoms with Crippen LogP contribution >= 0.6 is 0 Å². The first-order valence-electron chi connectivity index (χ1n) is 9.88. The Hall–Kier alpha value is -2.24. The monoisotopic (exact) mass is 357 g/mol. The molecule has 1 aromatic carbocycles. The lowest BCUT2D eigenvalue weighted by molar-refractivity contribution is -0.121. The Bertz CT molecular complexity index is 586. The first kappa shape index (κ1) is 20.1. The number of aryl methyl sites for hydroxylation is 1. The first-order chi connectivity index (χ1) is 12.8. The molecule has 0 saturated heterocycles. The van der Waals surface area contributed by atoms with Crippen molar-refractivity contribution in [2.45, 2.75) is 77.2 Å². The van der Waals surface area contributed by atoms with E-state index in [4.69, 9.17) is 0 Å². The number of hydrogen-bond donors (Lipinski definition) is 2. The van der Waals surface area contributed by atoms with Crippen LogP contribution in [0.3, 0.4) is 0 Å². The highest BCUT2D eigenvalue weighted by Crippen LogP contribution is 2.11. The molecule has 0 atom stereocenters. The molecule has 142 valence electrons. The molecule has 0 radical (unpaired) electrons. The molecule has 2 N–H and O–H groups in total. The van der Waals surface area contributed by atoms with E-state index in [2.05, 4.69) is 25.9 Å². The fourth-order valence-corrected chi connectivity index (χ4v) is 2.99. The number of tetrazole rings is 1. The number of benzene rings is 1. The number of amides is 1. The predicted octanol–water partition coefficient (Wildman–Crippen LogP) is 3.96. The molecule has 0 saturated carbocycles. The van der Waals surface area contributed by atoms with E-state index >= 15 is 0 Å². The molecule has 2 aromatic rings. The summed E-state index contributed by atoms with van der Waals surface area (Å²) in [6.07, 6.45) is 12.5. The van der Waals surface area contributed by atoms with E-state index in [9.17, 15) is 4.79 Å². The molecule has 26 heavy (non-hydrogen) atoms. The summed E-state index contributed by atoms with van der Waals surface area (Å²) in [6, 6.07) is 10.0. The summed E-state index contributed by atoms with van der Waals surface area (Å²) in [6.45, 7) is 0.632. The van der Waals surface area contributed by atoms with Gasteiger partial charge in [0.15, 0.2) is 0 Å². The third-order valence-electron chi connectivity index (χ3n) is 4.54. The van der Waals surface area contributed by atoms with E-state index in [1.165, 1.54) is 38.5 Å². The zero-order valence-corrected chi connectivity index (χ0v) is 15.6. The van der Waals surface area contributed by atoms with Crippen molar-refractivity contribution < 1.29 is 4.79 Å². The molecular weight excluding hydrogens is 326 g/mol. The van der Waals surface area contributed by atoms with Crippen LogP contribution in [0.1, 0.15) is 75.6 Å². The first-order valence-corrected chi connectivity index (χ1v) is 9.88. The van der Waals surface area contributed by atoms with Crippen molar-refractivity contribution in [1.82, 2.24) is 25.9 Å². The molecule has 1 aromatic heterocycles. The molecule has 0 aliphatic heterocycles. The van der Waals surface area contributed by atoms with Crippen LogP contribution in [-0.4, -0.2) is 26.5 Å². The minimum absolute atomic E-state index is 0.163. The number of nitrogens with zero attached hydrogens (tertiary/aromatic N) is 3. The van der Waals surface area contributed by atoms with Crippen LogP contribution in [0.25, 0.3) is 0 Å². The molecule has 6 nitrogen and oxygen atoms in total. The normalized spacial score (nSPS) is 10.8. The summed E-state index contributed by atoms with van der Waals surface area (Å²) >= 11 is 0. The SMILES string of the molecule is O=C(CCCCCCCCCCCc1nnn[nH]1)NCc1ccccc1. The van der Waals surface area contributed by atoms with Gasteiger partial charge in [0.2, 0.25) is 5.91 Å². The average Bonchev–Trinajstić information content (AvgIpc) is 3.19. The highest BCUT2D eigenvalue weighted by molar-refractivity contribution is 5.75. The Balaban J connectivity index is 1.33. The molecule has 1 heterocycles. The van der Waals surface area contributed by atoms with Crippen LogP contribution in [0, 0.1) is 0 Å². The molecule has 1 amide bonds. The van der Waals surface area contributed by atoms with Gasteiger partial charge in [-0.2, -0.15) is 0 Å². The molecular formula is C20H31N5O. The van der Waals surface area contributed by atoms with Crippen LogP contribution in [0.2, 0.25) is 0 Å². The zero-order chi connectivity index (χ0) is 18.3. The summed E-state index contributed by atoms with van der Waals surface area (Å²) < 4.78 is 0. The Morgan fingerprint density at radius 1 is 0.885 bits per heavy atom. The van der Waals surface area contributed by atoms with E-state index in [0.717, 1.165) is 37.1 Å². The van der Waals surface area contributed by atoms with E-state index in [-0.39, 0.29) is 5.91 Å². The lowest BCUT2D eigenvalue weighted by Crippen LogP contribution is -2.22. The molecule has 0 aliphatic rings. The number of H-pyrrole nitrogens is 1. The van der Waals surface area contributed by atoms with Crippen molar-refractivity contribution in [1.29, 1.82) is 0 Å². The number of unbranched alkanes of at least 4 members (excludes halogenated alkanes) is 8. The summed E-state index contributed by atoms with van der Waals surface area (Å²) in [5.41, 5.74) is 1.15. The summed E-state index contributed by atoms with van der Waals surface area (Å²) in [5, 5.41) is 16.8. The van der Waals surface area contributed by atoms with Gasteiger partial charge in [-0.25, -0.2) is 5.10 Å². The second kappa shape index (κ2) is 13.0. The number of carbonyl (C=O) groups excluding carboxylic acids is 1. The van der Waals surface area contributed by atoms with Gasteiger partial charge in [-0.3, -0.25) is 4.79 Å². The smallest absolute Gasteiger partial charge is 0.220 e. The maximum Gasteiger partial charge on any atom is 0.220 e. The fraction of sp³-hybridized carbons (Fsp3) is 0.600. The minimum Gasteiger partial charge on any atom is -0.352 e. The van der Waals surface area contributed by atoms with Crippen LogP contribution < -0.4 is 5.32 Å². The van der Waals surface area contributed by atoms with Gasteiger partial charge in [0.05, 0.1) is 0 Å². The lowest BCUT2D eigenvalue weighted by atomic mass is 10.1. The third kappa shape index (κ3) is 9.30. The van der Waals surface area contributed by atoms with Gasteiger partial charge in [-0.15, -0.1) is 5.10 Å². The van der Waals surface area contributed by atoms with Gasteiger partial charge in [-0.05, 0) is 28.8 Å². The number of carbonyl (C=O) groups is 1. The maximum atomic E-state index is 11.8. The molecule has 2 rings (SSSR count). The number of aromatic nitrogens is 4. The maximum absolute atomic E-state index is 11.8. The topological polar surface area (TPSA) is 83.6 Å². The van der Waals surface area contributed by atoms with Crippen LogP contribution in [0.5, 0.6) is 0 Å². The molecule has 0 aliphatic carbocycles.